The molecule has 0 atom stereocenters. The van der Waals surface area contributed by atoms with Crippen LogP contribution in [0.25, 0.3) is 0 Å². The first-order chi connectivity index (χ1) is 6.24. The van der Waals surface area contributed by atoms with Gasteiger partial charge in [0.25, 0.3) is 0 Å². The summed E-state index contributed by atoms with van der Waals surface area (Å²) < 4.78 is 4.85. The zero-order valence-electron chi connectivity index (χ0n) is 7.28. The van der Waals surface area contributed by atoms with Crippen LogP contribution in [0.5, 0.6) is 5.19 Å². The van der Waals surface area contributed by atoms with E-state index in [2.05, 4.69) is 4.98 Å². The first kappa shape index (κ1) is 9.98. The highest BCUT2D eigenvalue weighted by molar-refractivity contribution is 7.11. The largest absolute Gasteiger partial charge is 0.461 e. The normalized spacial score (nSPS) is 9.92. The van der Waals surface area contributed by atoms with Crippen LogP contribution in [0.2, 0.25) is 0 Å². The monoisotopic (exact) mass is 200 g/mol. The number of hydrogen-bond donors (Lipinski definition) is 0. The van der Waals surface area contributed by atoms with E-state index < -0.39 is 5.97 Å². The lowest BCUT2D eigenvalue weighted by atomic mass is 10.4. The van der Waals surface area contributed by atoms with Crippen molar-refractivity contribution in [3.8, 4) is 5.19 Å². The van der Waals surface area contributed by atoms with E-state index in [0.717, 1.165) is 24.2 Å². The number of esters is 1. The smallest absolute Gasteiger partial charge is 0.357 e. The molecular weight excluding hydrogens is 190 g/mol. The maximum Gasteiger partial charge on any atom is 0.357 e. The molecule has 0 unspecified atom stereocenters. The quantitative estimate of drug-likeness (QED) is 0.553. The Labute approximate surface area is 80.2 Å². The van der Waals surface area contributed by atoms with Gasteiger partial charge in [0, 0.05) is 5.38 Å². The van der Waals surface area contributed by atoms with Gasteiger partial charge in [0.05, 0.1) is 6.61 Å². The molecule has 1 aromatic rings. The molecule has 1 aromatic heterocycles. The number of ether oxygens (including phenoxy) is 1. The minimum Gasteiger partial charge on any atom is -0.461 e. The van der Waals surface area contributed by atoms with Gasteiger partial charge in [-0.3, -0.25) is 5.11 Å². The zero-order chi connectivity index (χ0) is 9.68. The lowest BCUT2D eigenvalue weighted by Gasteiger charge is -1.99. The molecule has 0 saturated carbocycles. The SMILES string of the molecule is CCCCOC(=O)c1csc([O])n1. The van der Waals surface area contributed by atoms with E-state index in [1.165, 1.54) is 5.38 Å². The molecule has 0 aliphatic rings. The van der Waals surface area contributed by atoms with E-state index in [4.69, 9.17) is 4.74 Å². The summed E-state index contributed by atoms with van der Waals surface area (Å²) in [5.74, 6) is -0.508. The number of carbonyl (C=O) groups is 1. The highest BCUT2D eigenvalue weighted by Gasteiger charge is 2.11. The third kappa shape index (κ3) is 3.02. The van der Waals surface area contributed by atoms with E-state index in [9.17, 15) is 9.90 Å². The van der Waals surface area contributed by atoms with Gasteiger partial charge in [-0.1, -0.05) is 24.7 Å². The molecule has 0 saturated heterocycles. The van der Waals surface area contributed by atoms with Gasteiger partial charge in [0.15, 0.2) is 5.69 Å². The number of nitrogens with zero attached hydrogens (tertiary/aromatic N) is 1. The van der Waals surface area contributed by atoms with Crippen molar-refractivity contribution < 1.29 is 14.6 Å². The van der Waals surface area contributed by atoms with Crippen LogP contribution in [0, 0.1) is 0 Å². The Balaban J connectivity index is 2.40. The predicted octanol–water partition coefficient (Wildman–Crippen LogP) is 2.24. The van der Waals surface area contributed by atoms with Crippen molar-refractivity contribution >= 4 is 17.3 Å². The number of unbranched alkanes of at least 4 members (excludes halogenated alkanes) is 1. The fourth-order valence-electron chi connectivity index (χ4n) is 0.734. The second-order valence-electron chi connectivity index (χ2n) is 2.49. The molecule has 5 heteroatoms. The molecule has 0 aliphatic heterocycles. The Hall–Kier alpha value is -1.10. The first-order valence-corrected chi connectivity index (χ1v) is 4.91. The van der Waals surface area contributed by atoms with Crippen molar-refractivity contribution in [2.24, 2.45) is 0 Å². The Morgan fingerprint density at radius 1 is 1.69 bits per heavy atom. The standard InChI is InChI=1S/C8H10NO3S/c1-2-3-4-12-7(10)6-5-13-8(11)9-6/h5H,2-4H2,1H3. The molecule has 0 fully saturated rings. The van der Waals surface area contributed by atoms with Crippen LogP contribution in [-0.2, 0) is 9.84 Å². The molecule has 13 heavy (non-hydrogen) atoms. The van der Waals surface area contributed by atoms with E-state index in [1.807, 2.05) is 6.92 Å². The first-order valence-electron chi connectivity index (χ1n) is 4.03. The maximum absolute atomic E-state index is 11.1. The van der Waals surface area contributed by atoms with E-state index in [1.54, 1.807) is 0 Å². The zero-order valence-corrected chi connectivity index (χ0v) is 8.10. The second-order valence-corrected chi connectivity index (χ2v) is 3.31. The summed E-state index contributed by atoms with van der Waals surface area (Å²) in [4.78, 5) is 14.6. The van der Waals surface area contributed by atoms with Crippen molar-refractivity contribution in [2.45, 2.75) is 19.8 Å². The third-order valence-corrected chi connectivity index (χ3v) is 2.06. The van der Waals surface area contributed by atoms with Crippen molar-refractivity contribution in [3.05, 3.63) is 11.1 Å². The van der Waals surface area contributed by atoms with Crippen molar-refractivity contribution in [3.63, 3.8) is 0 Å². The summed E-state index contributed by atoms with van der Waals surface area (Å²) in [6, 6.07) is 0. The molecule has 0 bridgehead atoms. The van der Waals surface area contributed by atoms with Crippen LogP contribution in [0.4, 0.5) is 0 Å². The van der Waals surface area contributed by atoms with E-state index >= 15 is 0 Å². The van der Waals surface area contributed by atoms with Gasteiger partial charge >= 0.3 is 11.2 Å². The Morgan fingerprint density at radius 3 is 3.00 bits per heavy atom. The van der Waals surface area contributed by atoms with Gasteiger partial charge in [-0.2, -0.15) is 4.98 Å². The average molecular weight is 200 g/mol. The fourth-order valence-corrected chi connectivity index (χ4v) is 1.25. The van der Waals surface area contributed by atoms with Crippen LogP contribution in [0.1, 0.15) is 30.3 Å². The topological polar surface area (TPSA) is 59.1 Å². The summed E-state index contributed by atoms with van der Waals surface area (Å²) >= 11 is 0.904. The van der Waals surface area contributed by atoms with Gasteiger partial charge in [-0.25, -0.2) is 4.79 Å². The minimum atomic E-state index is -0.508. The van der Waals surface area contributed by atoms with Gasteiger partial charge in [-0.05, 0) is 6.42 Å². The van der Waals surface area contributed by atoms with Crippen molar-refractivity contribution in [2.75, 3.05) is 6.61 Å². The minimum absolute atomic E-state index is 0.117. The molecule has 0 N–H and O–H groups in total. The molecule has 0 aliphatic carbocycles. The van der Waals surface area contributed by atoms with Crippen LogP contribution in [0.15, 0.2) is 5.38 Å². The van der Waals surface area contributed by atoms with Crippen LogP contribution in [-0.4, -0.2) is 17.6 Å². The van der Waals surface area contributed by atoms with Gasteiger partial charge < -0.3 is 4.74 Å². The highest BCUT2D eigenvalue weighted by atomic mass is 32.1. The molecule has 1 radical (unpaired) electrons. The summed E-state index contributed by atoms with van der Waals surface area (Å²) in [7, 11) is 0. The molecular formula is C8H10NO3S. The lowest BCUT2D eigenvalue weighted by molar-refractivity contribution is 0.0492. The lowest BCUT2D eigenvalue weighted by Crippen LogP contribution is -2.06. The highest BCUT2D eigenvalue weighted by Crippen LogP contribution is 2.16. The van der Waals surface area contributed by atoms with Gasteiger partial charge in [0.1, 0.15) is 0 Å². The summed E-state index contributed by atoms with van der Waals surface area (Å²) in [5, 5.41) is 11.7. The third-order valence-electron chi connectivity index (χ3n) is 1.42. The number of hydrogen-bond acceptors (Lipinski definition) is 4. The second kappa shape index (κ2) is 4.81. The number of rotatable bonds is 4. The maximum atomic E-state index is 11.1. The summed E-state index contributed by atoms with van der Waals surface area (Å²) in [6.45, 7) is 2.40. The van der Waals surface area contributed by atoms with Crippen LogP contribution >= 0.6 is 11.3 Å². The molecule has 71 valence electrons. The predicted molar refractivity (Wildman–Crippen MR) is 47.4 cm³/mol. The average Bonchev–Trinajstić information content (AvgIpc) is 2.52. The molecule has 1 heterocycles. The Kier molecular flexibility index (Phi) is 3.70. The molecule has 1 rings (SSSR count). The molecule has 0 aromatic carbocycles. The summed E-state index contributed by atoms with van der Waals surface area (Å²) in [6.07, 6.45) is 1.80. The van der Waals surface area contributed by atoms with Crippen molar-refractivity contribution in [1.29, 1.82) is 0 Å². The Bertz CT molecular complexity index is 285. The number of aromatic nitrogens is 1. The fraction of sp³-hybridized carbons (Fsp3) is 0.500. The summed E-state index contributed by atoms with van der Waals surface area (Å²) in [5.41, 5.74) is 0.117. The van der Waals surface area contributed by atoms with Gasteiger partial charge in [-0.15, -0.1) is 0 Å². The van der Waals surface area contributed by atoms with Crippen LogP contribution in [0.3, 0.4) is 0 Å². The number of thiazole rings is 1. The van der Waals surface area contributed by atoms with E-state index in [0.29, 0.717) is 6.61 Å². The van der Waals surface area contributed by atoms with E-state index in [-0.39, 0.29) is 10.9 Å². The van der Waals surface area contributed by atoms with Crippen LogP contribution < -0.4 is 0 Å². The van der Waals surface area contributed by atoms with Crippen molar-refractivity contribution in [1.82, 2.24) is 4.98 Å². The molecule has 4 nitrogen and oxygen atoms in total. The molecule has 0 amide bonds. The number of carbonyl (C=O) groups excluding carboxylic acids is 1. The molecule has 0 spiro atoms. The van der Waals surface area contributed by atoms with Gasteiger partial charge in [0.2, 0.25) is 0 Å². The Morgan fingerprint density at radius 2 is 2.46 bits per heavy atom.